The molecule has 0 radical (unpaired) electrons. The van der Waals surface area contributed by atoms with Gasteiger partial charge in [-0.25, -0.2) is 0 Å². The summed E-state index contributed by atoms with van der Waals surface area (Å²) in [6, 6.07) is 15.8. The van der Waals surface area contributed by atoms with Crippen LogP contribution in [-0.2, 0) is 28.2 Å². The van der Waals surface area contributed by atoms with Crippen molar-refractivity contribution in [2.75, 3.05) is 33.7 Å². The van der Waals surface area contributed by atoms with Crippen LogP contribution in [0.25, 0.3) is 0 Å². The number of likely N-dealkylation sites (tertiary alicyclic amines) is 1. The zero-order valence-corrected chi connectivity index (χ0v) is 17.3. The molecular formula is C24H30N2O3. The number of amides is 1. The number of rotatable bonds is 5. The third-order valence-corrected chi connectivity index (χ3v) is 6.34. The number of piperidine rings is 1. The van der Waals surface area contributed by atoms with Crippen LogP contribution in [0.5, 0.6) is 5.75 Å². The molecule has 1 fully saturated rings. The van der Waals surface area contributed by atoms with Gasteiger partial charge in [-0.2, -0.15) is 0 Å². The fourth-order valence-corrected chi connectivity index (χ4v) is 4.77. The zero-order valence-electron chi connectivity index (χ0n) is 17.3. The first-order valence-corrected chi connectivity index (χ1v) is 10.4. The average molecular weight is 395 g/mol. The van der Waals surface area contributed by atoms with Crippen molar-refractivity contribution in [2.45, 2.75) is 31.5 Å². The molecule has 29 heavy (non-hydrogen) atoms. The molecule has 4 rings (SSSR count). The molecule has 5 nitrogen and oxygen atoms in total. The van der Waals surface area contributed by atoms with Gasteiger partial charge >= 0.3 is 0 Å². The predicted octanol–water partition coefficient (Wildman–Crippen LogP) is 3.16. The lowest BCUT2D eigenvalue weighted by molar-refractivity contribution is -0.134. The molecule has 1 spiro atoms. The molecule has 1 N–H and O–H groups in total. The lowest BCUT2D eigenvalue weighted by Crippen LogP contribution is -2.46. The Morgan fingerprint density at radius 2 is 1.93 bits per heavy atom. The van der Waals surface area contributed by atoms with Crippen LogP contribution in [0.2, 0.25) is 0 Å². The van der Waals surface area contributed by atoms with Gasteiger partial charge in [-0.15, -0.1) is 0 Å². The standard InChI is InChI=1S/C24H30N2O3/c1-25(2)23(28)20(14-18-6-5-8-21(27)15-18)16-26-12-10-24(11-13-26)22-9-4-3-7-19(22)17-29-24/h3-9,15,20,27H,10-14,16-17H2,1-2H3. The summed E-state index contributed by atoms with van der Waals surface area (Å²) >= 11 is 0. The number of hydrogen-bond acceptors (Lipinski definition) is 4. The minimum Gasteiger partial charge on any atom is -0.508 e. The predicted molar refractivity (Wildman–Crippen MR) is 113 cm³/mol. The first kappa shape index (κ1) is 19.9. The number of carbonyl (C=O) groups is 1. The smallest absolute Gasteiger partial charge is 0.226 e. The number of carbonyl (C=O) groups excluding carboxylic acids is 1. The third kappa shape index (κ3) is 4.16. The summed E-state index contributed by atoms with van der Waals surface area (Å²) < 4.78 is 6.27. The van der Waals surface area contributed by atoms with Crippen LogP contribution in [0.1, 0.15) is 29.5 Å². The number of nitrogens with zero attached hydrogens (tertiary/aromatic N) is 2. The minimum absolute atomic E-state index is 0.127. The summed E-state index contributed by atoms with van der Waals surface area (Å²) in [5.74, 6) is 0.254. The zero-order chi connectivity index (χ0) is 20.4. The van der Waals surface area contributed by atoms with E-state index >= 15 is 0 Å². The highest BCUT2D eigenvalue weighted by Gasteiger charge is 2.42. The van der Waals surface area contributed by atoms with Gasteiger partial charge in [-0.05, 0) is 48.1 Å². The van der Waals surface area contributed by atoms with E-state index in [1.807, 2.05) is 26.2 Å². The topological polar surface area (TPSA) is 53.0 Å². The van der Waals surface area contributed by atoms with E-state index in [0.717, 1.165) is 38.0 Å². The molecule has 0 bridgehead atoms. The number of fused-ring (bicyclic) bond motifs is 2. The van der Waals surface area contributed by atoms with Crippen molar-refractivity contribution in [3.63, 3.8) is 0 Å². The molecule has 2 aromatic carbocycles. The van der Waals surface area contributed by atoms with E-state index in [0.29, 0.717) is 13.0 Å². The van der Waals surface area contributed by atoms with Crippen molar-refractivity contribution >= 4 is 5.91 Å². The minimum atomic E-state index is -0.153. The number of ether oxygens (including phenoxy) is 1. The highest BCUT2D eigenvalue weighted by atomic mass is 16.5. The lowest BCUT2D eigenvalue weighted by Gasteiger charge is -2.40. The van der Waals surface area contributed by atoms with E-state index in [4.69, 9.17) is 4.74 Å². The summed E-state index contributed by atoms with van der Waals surface area (Å²) in [5.41, 5.74) is 3.50. The monoisotopic (exact) mass is 394 g/mol. The van der Waals surface area contributed by atoms with E-state index in [2.05, 4.69) is 29.2 Å². The van der Waals surface area contributed by atoms with Crippen molar-refractivity contribution in [1.82, 2.24) is 9.80 Å². The van der Waals surface area contributed by atoms with Crippen LogP contribution in [0.3, 0.4) is 0 Å². The summed E-state index contributed by atoms with van der Waals surface area (Å²) in [5, 5.41) is 9.77. The molecular weight excluding hydrogens is 364 g/mol. The normalized spacial score (nSPS) is 19.1. The second kappa shape index (κ2) is 8.17. The Morgan fingerprint density at radius 1 is 1.17 bits per heavy atom. The van der Waals surface area contributed by atoms with Crippen molar-refractivity contribution in [3.8, 4) is 5.75 Å². The first-order valence-electron chi connectivity index (χ1n) is 10.4. The molecule has 2 aliphatic rings. The summed E-state index contributed by atoms with van der Waals surface area (Å²) in [4.78, 5) is 16.9. The maximum absolute atomic E-state index is 12.8. The second-order valence-electron chi connectivity index (χ2n) is 8.54. The van der Waals surface area contributed by atoms with Gasteiger partial charge in [-0.1, -0.05) is 36.4 Å². The molecule has 5 heteroatoms. The SMILES string of the molecule is CN(C)C(=O)C(Cc1cccc(O)c1)CN1CCC2(CC1)OCc1ccccc12. The molecule has 2 aromatic rings. The summed E-state index contributed by atoms with van der Waals surface area (Å²) in [6.45, 7) is 3.27. The third-order valence-electron chi connectivity index (χ3n) is 6.34. The molecule has 2 heterocycles. The van der Waals surface area contributed by atoms with Gasteiger partial charge in [-0.3, -0.25) is 4.79 Å². The number of phenolic OH excluding ortho intramolecular Hbond substituents is 1. The van der Waals surface area contributed by atoms with Gasteiger partial charge < -0.3 is 19.6 Å². The number of benzene rings is 2. The number of hydrogen-bond donors (Lipinski definition) is 1. The van der Waals surface area contributed by atoms with Crippen LogP contribution >= 0.6 is 0 Å². The maximum Gasteiger partial charge on any atom is 0.226 e. The van der Waals surface area contributed by atoms with Gasteiger partial charge in [0.15, 0.2) is 0 Å². The molecule has 154 valence electrons. The van der Waals surface area contributed by atoms with E-state index < -0.39 is 0 Å². The Morgan fingerprint density at radius 3 is 2.66 bits per heavy atom. The van der Waals surface area contributed by atoms with Crippen molar-refractivity contribution in [3.05, 3.63) is 65.2 Å². The van der Waals surface area contributed by atoms with Crippen LogP contribution in [-0.4, -0.2) is 54.5 Å². The van der Waals surface area contributed by atoms with Gasteiger partial charge in [0.1, 0.15) is 5.75 Å². The Kier molecular flexibility index (Phi) is 5.61. The van der Waals surface area contributed by atoms with Crippen molar-refractivity contribution in [1.29, 1.82) is 0 Å². The van der Waals surface area contributed by atoms with Gasteiger partial charge in [0.2, 0.25) is 5.91 Å². The molecule has 1 atom stereocenters. The molecule has 1 amide bonds. The first-order chi connectivity index (χ1) is 14.0. The fraction of sp³-hybridized carbons (Fsp3) is 0.458. The Bertz CT molecular complexity index is 872. The number of phenols is 1. The quantitative estimate of drug-likeness (QED) is 0.846. The van der Waals surface area contributed by atoms with Crippen LogP contribution in [0, 0.1) is 5.92 Å². The van der Waals surface area contributed by atoms with Gasteiger partial charge in [0.05, 0.1) is 18.1 Å². The number of aromatic hydroxyl groups is 1. The highest BCUT2D eigenvalue weighted by molar-refractivity contribution is 5.78. The van der Waals surface area contributed by atoms with E-state index in [9.17, 15) is 9.90 Å². The molecule has 0 aromatic heterocycles. The van der Waals surface area contributed by atoms with E-state index in [1.165, 1.54) is 11.1 Å². The molecule has 1 saturated heterocycles. The van der Waals surface area contributed by atoms with Crippen LogP contribution in [0.4, 0.5) is 0 Å². The van der Waals surface area contributed by atoms with Crippen LogP contribution in [0.15, 0.2) is 48.5 Å². The maximum atomic E-state index is 12.8. The van der Waals surface area contributed by atoms with Crippen LogP contribution < -0.4 is 0 Å². The van der Waals surface area contributed by atoms with E-state index in [1.54, 1.807) is 17.0 Å². The van der Waals surface area contributed by atoms with Crippen molar-refractivity contribution in [2.24, 2.45) is 5.92 Å². The molecule has 1 unspecified atom stereocenters. The van der Waals surface area contributed by atoms with Gasteiger partial charge in [0, 0.05) is 33.7 Å². The Labute approximate surface area is 172 Å². The largest absolute Gasteiger partial charge is 0.508 e. The Balaban J connectivity index is 1.43. The van der Waals surface area contributed by atoms with E-state index in [-0.39, 0.29) is 23.2 Å². The molecule has 0 saturated carbocycles. The Hall–Kier alpha value is -2.37. The molecule has 0 aliphatic carbocycles. The lowest BCUT2D eigenvalue weighted by atomic mass is 9.83. The highest BCUT2D eigenvalue weighted by Crippen LogP contribution is 2.44. The molecule has 2 aliphatic heterocycles. The second-order valence-corrected chi connectivity index (χ2v) is 8.54. The fourth-order valence-electron chi connectivity index (χ4n) is 4.77. The summed E-state index contributed by atoms with van der Waals surface area (Å²) in [7, 11) is 3.62. The van der Waals surface area contributed by atoms with Crippen molar-refractivity contribution < 1.29 is 14.6 Å². The summed E-state index contributed by atoms with van der Waals surface area (Å²) in [6.07, 6.45) is 2.55. The van der Waals surface area contributed by atoms with Gasteiger partial charge in [0.25, 0.3) is 0 Å². The average Bonchev–Trinajstić information content (AvgIpc) is 3.07.